The molecule has 2 nitrogen and oxygen atoms in total. The van der Waals surface area contributed by atoms with Crippen molar-refractivity contribution in [1.29, 1.82) is 0 Å². The minimum Gasteiger partial charge on any atom is -0.311 e. The molecule has 1 amide bonds. The predicted octanol–water partition coefficient (Wildman–Crippen LogP) is 3.61. The molecule has 90 valence electrons. The van der Waals surface area contributed by atoms with Crippen LogP contribution in [0.5, 0.6) is 0 Å². The maximum atomic E-state index is 11.7. The molecule has 0 aromatic heterocycles. The maximum Gasteiger partial charge on any atom is 0.239 e. The fraction of sp³-hybridized carbons (Fsp3) is 0.273. The van der Waals surface area contributed by atoms with E-state index in [1.165, 1.54) is 11.8 Å². The largest absolute Gasteiger partial charge is 0.311 e. The molecule has 1 aromatic carbocycles. The Labute approximate surface area is 119 Å². The third kappa shape index (κ3) is 2.60. The van der Waals surface area contributed by atoms with Crippen LogP contribution in [-0.4, -0.2) is 15.5 Å². The summed E-state index contributed by atoms with van der Waals surface area (Å²) in [6.45, 7) is 1.93. The molecular weight excluding hydrogens is 297 g/mol. The highest BCUT2D eigenvalue weighted by Crippen LogP contribution is 2.39. The van der Waals surface area contributed by atoms with E-state index in [1.54, 1.807) is 18.2 Å². The average Bonchev–Trinajstić information content (AvgIpc) is 2.57. The number of thioether (sulfide) groups is 1. The van der Waals surface area contributed by atoms with Crippen molar-refractivity contribution in [3.63, 3.8) is 0 Å². The number of halogens is 2. The number of amides is 1. The summed E-state index contributed by atoms with van der Waals surface area (Å²) in [5.74, 6) is -0.162. The Bertz CT molecular complexity index is 472. The monoisotopic (exact) mass is 305 g/mol. The number of hydrogen-bond acceptors (Lipinski definition) is 3. The molecule has 0 bridgehead atoms. The van der Waals surface area contributed by atoms with Gasteiger partial charge in [-0.25, -0.2) is 0 Å². The lowest BCUT2D eigenvalue weighted by atomic mass is 9.97. The van der Waals surface area contributed by atoms with Crippen LogP contribution in [-0.2, 0) is 4.79 Å². The van der Waals surface area contributed by atoms with Gasteiger partial charge in [0, 0.05) is 16.0 Å². The van der Waals surface area contributed by atoms with E-state index in [9.17, 15) is 4.79 Å². The number of thiocarbonyl (C=S) groups is 1. The molecule has 1 aliphatic heterocycles. The van der Waals surface area contributed by atoms with Crippen molar-refractivity contribution in [2.24, 2.45) is 0 Å². The summed E-state index contributed by atoms with van der Waals surface area (Å²) in [6.07, 6.45) is 0. The molecule has 17 heavy (non-hydrogen) atoms. The quantitative estimate of drug-likeness (QED) is 0.846. The average molecular weight is 306 g/mol. The zero-order chi connectivity index (χ0) is 12.6. The van der Waals surface area contributed by atoms with E-state index in [0.717, 1.165) is 5.56 Å². The van der Waals surface area contributed by atoms with Crippen LogP contribution in [0.2, 0.25) is 10.0 Å². The Morgan fingerprint density at radius 1 is 1.41 bits per heavy atom. The Morgan fingerprint density at radius 3 is 2.47 bits per heavy atom. The van der Waals surface area contributed by atoms with Crippen LogP contribution >= 0.6 is 47.2 Å². The highest BCUT2D eigenvalue weighted by molar-refractivity contribution is 8.24. The summed E-state index contributed by atoms with van der Waals surface area (Å²) in [5, 5.41) is 3.52. The summed E-state index contributed by atoms with van der Waals surface area (Å²) in [7, 11) is 0. The lowest BCUT2D eigenvalue weighted by Crippen LogP contribution is -2.27. The smallest absolute Gasteiger partial charge is 0.239 e. The molecule has 0 radical (unpaired) electrons. The lowest BCUT2D eigenvalue weighted by molar-refractivity contribution is -0.119. The van der Waals surface area contributed by atoms with E-state index in [-0.39, 0.29) is 17.1 Å². The van der Waals surface area contributed by atoms with Gasteiger partial charge in [0.2, 0.25) is 5.91 Å². The van der Waals surface area contributed by atoms with Gasteiger partial charge >= 0.3 is 0 Å². The van der Waals surface area contributed by atoms with E-state index in [2.05, 4.69) is 5.32 Å². The molecule has 1 fully saturated rings. The molecule has 1 aliphatic rings. The predicted molar refractivity (Wildman–Crippen MR) is 77.0 cm³/mol. The Morgan fingerprint density at radius 2 is 2.00 bits per heavy atom. The van der Waals surface area contributed by atoms with E-state index in [4.69, 9.17) is 35.4 Å². The first kappa shape index (κ1) is 13.1. The molecule has 2 unspecified atom stereocenters. The van der Waals surface area contributed by atoms with Gasteiger partial charge in [0.05, 0.1) is 5.25 Å². The van der Waals surface area contributed by atoms with Crippen molar-refractivity contribution in [3.8, 4) is 0 Å². The van der Waals surface area contributed by atoms with Gasteiger partial charge in [-0.05, 0) is 17.7 Å². The Hall–Kier alpha value is -0.290. The van der Waals surface area contributed by atoms with Crippen molar-refractivity contribution < 1.29 is 4.79 Å². The van der Waals surface area contributed by atoms with Gasteiger partial charge < -0.3 is 5.32 Å². The molecular formula is C11H9Cl2NOS2. The zero-order valence-electron chi connectivity index (χ0n) is 8.87. The van der Waals surface area contributed by atoms with Gasteiger partial charge in [-0.1, -0.05) is 60.2 Å². The van der Waals surface area contributed by atoms with Gasteiger partial charge in [0.25, 0.3) is 0 Å². The second-order valence-corrected chi connectivity index (χ2v) is 6.37. The molecule has 1 N–H and O–H groups in total. The molecule has 0 spiro atoms. The van der Waals surface area contributed by atoms with E-state index < -0.39 is 0 Å². The number of hydrogen-bond donors (Lipinski definition) is 1. The van der Waals surface area contributed by atoms with E-state index in [1.807, 2.05) is 6.92 Å². The van der Waals surface area contributed by atoms with Gasteiger partial charge in [0.15, 0.2) is 0 Å². The topological polar surface area (TPSA) is 29.1 Å². The summed E-state index contributed by atoms with van der Waals surface area (Å²) in [6, 6.07) is 5.33. The Balaban J connectivity index is 2.34. The van der Waals surface area contributed by atoms with Gasteiger partial charge in [-0.15, -0.1) is 0 Å². The SMILES string of the molecule is CC(c1c(Cl)cccc1Cl)C1SC(=S)NC1=O. The highest BCUT2D eigenvalue weighted by atomic mass is 35.5. The second-order valence-electron chi connectivity index (χ2n) is 3.74. The molecule has 2 rings (SSSR count). The summed E-state index contributed by atoms with van der Waals surface area (Å²) < 4.78 is 0.509. The number of rotatable bonds is 2. The van der Waals surface area contributed by atoms with Crippen molar-refractivity contribution in [2.75, 3.05) is 0 Å². The van der Waals surface area contributed by atoms with Crippen molar-refractivity contribution in [3.05, 3.63) is 33.8 Å². The maximum absolute atomic E-state index is 11.7. The molecule has 1 saturated heterocycles. The van der Waals surface area contributed by atoms with Gasteiger partial charge in [-0.3, -0.25) is 4.79 Å². The highest BCUT2D eigenvalue weighted by Gasteiger charge is 2.35. The molecule has 6 heteroatoms. The van der Waals surface area contributed by atoms with Crippen molar-refractivity contribution in [2.45, 2.75) is 18.1 Å². The second kappa shape index (κ2) is 5.14. The van der Waals surface area contributed by atoms with Crippen LogP contribution in [0.15, 0.2) is 18.2 Å². The summed E-state index contributed by atoms with van der Waals surface area (Å²) >= 11 is 18.6. The van der Waals surface area contributed by atoms with Crippen LogP contribution in [0.1, 0.15) is 18.4 Å². The summed E-state index contributed by atoms with van der Waals surface area (Å²) in [5.41, 5.74) is 0.799. The van der Waals surface area contributed by atoms with Crippen LogP contribution in [0.4, 0.5) is 0 Å². The van der Waals surface area contributed by atoms with Crippen LogP contribution in [0, 0.1) is 0 Å². The number of benzene rings is 1. The summed E-state index contributed by atoms with van der Waals surface area (Å²) in [4.78, 5) is 11.7. The lowest BCUT2D eigenvalue weighted by Gasteiger charge is -2.18. The third-order valence-corrected chi connectivity index (χ3v) is 4.87. The van der Waals surface area contributed by atoms with E-state index >= 15 is 0 Å². The number of carbonyl (C=O) groups excluding carboxylic acids is 1. The number of carbonyl (C=O) groups is 1. The van der Waals surface area contributed by atoms with E-state index in [0.29, 0.717) is 14.4 Å². The normalized spacial score (nSPS) is 21.5. The van der Waals surface area contributed by atoms with Crippen molar-refractivity contribution in [1.82, 2.24) is 5.32 Å². The molecule has 0 aliphatic carbocycles. The van der Waals surface area contributed by atoms with Crippen LogP contribution in [0.3, 0.4) is 0 Å². The zero-order valence-corrected chi connectivity index (χ0v) is 12.0. The van der Waals surface area contributed by atoms with Crippen molar-refractivity contribution >= 4 is 57.4 Å². The van der Waals surface area contributed by atoms with Crippen LogP contribution < -0.4 is 5.32 Å². The fourth-order valence-electron chi connectivity index (χ4n) is 1.80. The van der Waals surface area contributed by atoms with Crippen LogP contribution in [0.25, 0.3) is 0 Å². The number of nitrogens with one attached hydrogen (secondary N) is 1. The standard InChI is InChI=1S/C11H9Cl2NOS2/c1-5(9-10(15)14-11(16)17-9)8-6(12)3-2-4-7(8)13/h2-5,9H,1H3,(H,14,15,16). The third-order valence-electron chi connectivity index (χ3n) is 2.63. The Kier molecular flexibility index (Phi) is 3.98. The van der Waals surface area contributed by atoms with Gasteiger partial charge in [0.1, 0.15) is 4.32 Å². The fourth-order valence-corrected chi connectivity index (χ4v) is 3.85. The minimum atomic E-state index is -0.264. The van der Waals surface area contributed by atoms with Gasteiger partial charge in [-0.2, -0.15) is 0 Å². The molecule has 2 atom stereocenters. The first-order valence-electron chi connectivity index (χ1n) is 4.96. The first-order valence-corrected chi connectivity index (χ1v) is 7.00. The first-order chi connectivity index (χ1) is 8.00. The molecule has 1 aromatic rings. The minimum absolute atomic E-state index is 0.0801. The molecule has 1 heterocycles. The molecule has 0 saturated carbocycles.